The molecule has 0 aliphatic carbocycles. The highest BCUT2D eigenvalue weighted by atomic mass is 16.5. The molecule has 1 saturated heterocycles. The number of hydrogen-bond acceptors (Lipinski definition) is 6. The SMILES string of the molecule is CCCOc1cccc(C(O)=C2C(=O)C(=O)N(Cc3cccnc3)[C@@H]2c2cccnc2)c1. The van der Waals surface area contributed by atoms with Crippen LogP contribution in [0.25, 0.3) is 5.76 Å². The van der Waals surface area contributed by atoms with Crippen LogP contribution in [-0.2, 0) is 16.1 Å². The van der Waals surface area contributed by atoms with Crippen LogP contribution in [0.2, 0.25) is 0 Å². The molecule has 0 bridgehead atoms. The number of benzene rings is 1. The number of ether oxygens (including phenoxy) is 1. The molecule has 1 N–H and O–H groups in total. The summed E-state index contributed by atoms with van der Waals surface area (Å²) in [6, 6.07) is 13.2. The molecular formula is C25H23N3O4. The summed E-state index contributed by atoms with van der Waals surface area (Å²) >= 11 is 0. The van der Waals surface area contributed by atoms with Gasteiger partial charge in [0.1, 0.15) is 11.5 Å². The first-order valence-corrected chi connectivity index (χ1v) is 10.4. The molecule has 4 rings (SSSR count). The Hall–Kier alpha value is -4.00. The topological polar surface area (TPSA) is 92.6 Å². The molecular weight excluding hydrogens is 406 g/mol. The number of rotatable bonds is 7. The Balaban J connectivity index is 1.80. The van der Waals surface area contributed by atoms with Crippen molar-refractivity contribution in [2.24, 2.45) is 0 Å². The van der Waals surface area contributed by atoms with Gasteiger partial charge in [-0.2, -0.15) is 0 Å². The lowest BCUT2D eigenvalue weighted by Gasteiger charge is -2.25. The van der Waals surface area contributed by atoms with Crippen LogP contribution >= 0.6 is 0 Å². The van der Waals surface area contributed by atoms with Gasteiger partial charge in [-0.05, 0) is 41.8 Å². The normalized spacial score (nSPS) is 17.5. The minimum atomic E-state index is -0.774. The average Bonchev–Trinajstić information content (AvgIpc) is 3.08. The minimum absolute atomic E-state index is 0.0273. The summed E-state index contributed by atoms with van der Waals surface area (Å²) in [6.45, 7) is 2.71. The van der Waals surface area contributed by atoms with Crippen LogP contribution in [0.5, 0.6) is 5.75 Å². The first kappa shape index (κ1) is 21.2. The van der Waals surface area contributed by atoms with E-state index in [1.807, 2.05) is 13.0 Å². The van der Waals surface area contributed by atoms with Gasteiger partial charge in [-0.1, -0.05) is 31.2 Å². The molecule has 3 aromatic rings. The van der Waals surface area contributed by atoms with E-state index in [9.17, 15) is 14.7 Å². The fourth-order valence-electron chi connectivity index (χ4n) is 3.72. The highest BCUT2D eigenvalue weighted by Gasteiger charge is 2.46. The maximum atomic E-state index is 13.1. The Kier molecular flexibility index (Phi) is 6.26. The standard InChI is InChI=1S/C25H23N3O4/c1-2-12-32-20-9-3-7-18(13-20)23(29)21-22(19-8-5-11-27-15-19)28(25(31)24(21)30)16-17-6-4-10-26-14-17/h3-11,13-15,22,29H,2,12,16H2,1H3/t22-/m1/s1. The Morgan fingerprint density at radius 3 is 2.53 bits per heavy atom. The third-order valence-corrected chi connectivity index (χ3v) is 5.20. The van der Waals surface area contributed by atoms with E-state index in [0.717, 1.165) is 12.0 Å². The Morgan fingerprint density at radius 2 is 1.84 bits per heavy atom. The molecule has 0 spiro atoms. The summed E-state index contributed by atoms with van der Waals surface area (Å²) in [6.07, 6.45) is 7.35. The summed E-state index contributed by atoms with van der Waals surface area (Å²) in [5, 5.41) is 11.2. The third kappa shape index (κ3) is 4.23. The molecule has 1 aromatic carbocycles. The van der Waals surface area contributed by atoms with E-state index in [-0.39, 0.29) is 17.9 Å². The molecule has 0 saturated carbocycles. The number of aliphatic hydroxyl groups is 1. The number of amides is 1. The molecule has 2 aromatic heterocycles. The van der Waals surface area contributed by atoms with Crippen molar-refractivity contribution in [1.82, 2.24) is 14.9 Å². The fraction of sp³-hybridized carbons (Fsp3) is 0.200. The van der Waals surface area contributed by atoms with Crippen molar-refractivity contribution < 1.29 is 19.4 Å². The maximum Gasteiger partial charge on any atom is 0.295 e. The van der Waals surface area contributed by atoms with Gasteiger partial charge < -0.3 is 14.7 Å². The number of pyridine rings is 2. The number of nitrogens with zero attached hydrogens (tertiary/aromatic N) is 3. The second-order valence-corrected chi connectivity index (χ2v) is 7.45. The summed E-state index contributed by atoms with van der Waals surface area (Å²) < 4.78 is 5.66. The summed E-state index contributed by atoms with van der Waals surface area (Å²) in [7, 11) is 0. The van der Waals surface area contributed by atoms with E-state index in [2.05, 4.69) is 9.97 Å². The van der Waals surface area contributed by atoms with Gasteiger partial charge in [0.15, 0.2) is 0 Å². The summed E-state index contributed by atoms with van der Waals surface area (Å²) in [5.41, 5.74) is 1.85. The second kappa shape index (κ2) is 9.43. The lowest BCUT2D eigenvalue weighted by atomic mass is 9.96. The first-order chi connectivity index (χ1) is 15.6. The van der Waals surface area contributed by atoms with Gasteiger partial charge in [0, 0.05) is 36.9 Å². The molecule has 7 heteroatoms. The first-order valence-electron chi connectivity index (χ1n) is 10.4. The lowest BCUT2D eigenvalue weighted by Crippen LogP contribution is -2.29. The van der Waals surface area contributed by atoms with Gasteiger partial charge in [0.25, 0.3) is 11.7 Å². The van der Waals surface area contributed by atoms with Crippen LogP contribution in [0.1, 0.15) is 36.1 Å². The third-order valence-electron chi connectivity index (χ3n) is 5.20. The number of ketones is 1. The largest absolute Gasteiger partial charge is 0.507 e. The molecule has 1 fully saturated rings. The van der Waals surface area contributed by atoms with E-state index in [1.165, 1.54) is 4.90 Å². The molecule has 1 amide bonds. The van der Waals surface area contributed by atoms with E-state index in [4.69, 9.17) is 4.74 Å². The predicted octanol–water partition coefficient (Wildman–Crippen LogP) is 3.89. The fourth-order valence-corrected chi connectivity index (χ4v) is 3.72. The van der Waals surface area contributed by atoms with Crippen LogP contribution in [0.3, 0.4) is 0 Å². The number of aliphatic hydroxyl groups excluding tert-OH is 1. The van der Waals surface area contributed by atoms with Gasteiger partial charge >= 0.3 is 0 Å². The van der Waals surface area contributed by atoms with Crippen molar-refractivity contribution >= 4 is 17.4 Å². The van der Waals surface area contributed by atoms with E-state index in [1.54, 1.807) is 67.3 Å². The van der Waals surface area contributed by atoms with Crippen LogP contribution in [0.15, 0.2) is 78.9 Å². The number of Topliss-reactive ketones (excluding diaryl/α,β-unsaturated/α-hetero) is 1. The zero-order chi connectivity index (χ0) is 22.5. The van der Waals surface area contributed by atoms with Crippen LogP contribution in [0, 0.1) is 0 Å². The summed E-state index contributed by atoms with van der Waals surface area (Å²) in [5.74, 6) is -1.07. The van der Waals surface area contributed by atoms with E-state index < -0.39 is 17.7 Å². The Morgan fingerprint density at radius 1 is 1.06 bits per heavy atom. The molecule has 1 aliphatic heterocycles. The van der Waals surface area contributed by atoms with Crippen molar-refractivity contribution in [3.63, 3.8) is 0 Å². The van der Waals surface area contributed by atoms with Gasteiger partial charge in [-0.25, -0.2) is 0 Å². The molecule has 162 valence electrons. The number of hydrogen-bond donors (Lipinski definition) is 1. The highest BCUT2D eigenvalue weighted by molar-refractivity contribution is 6.46. The molecule has 1 aliphatic rings. The molecule has 7 nitrogen and oxygen atoms in total. The summed E-state index contributed by atoms with van der Waals surface area (Å²) in [4.78, 5) is 35.8. The highest BCUT2D eigenvalue weighted by Crippen LogP contribution is 2.40. The Labute approximate surface area is 186 Å². The minimum Gasteiger partial charge on any atom is -0.507 e. The molecule has 32 heavy (non-hydrogen) atoms. The molecule has 0 unspecified atom stereocenters. The second-order valence-electron chi connectivity index (χ2n) is 7.45. The monoisotopic (exact) mass is 429 g/mol. The predicted molar refractivity (Wildman–Crippen MR) is 119 cm³/mol. The van der Waals surface area contributed by atoms with Crippen molar-refractivity contribution in [3.8, 4) is 5.75 Å². The maximum absolute atomic E-state index is 13.1. The molecule has 0 radical (unpaired) electrons. The van der Waals surface area contributed by atoms with E-state index >= 15 is 0 Å². The number of aromatic nitrogens is 2. The van der Waals surface area contributed by atoms with Crippen LogP contribution in [0.4, 0.5) is 0 Å². The van der Waals surface area contributed by atoms with Gasteiger partial charge in [-0.15, -0.1) is 0 Å². The number of likely N-dealkylation sites (tertiary alicyclic amines) is 1. The van der Waals surface area contributed by atoms with Gasteiger partial charge in [-0.3, -0.25) is 19.6 Å². The smallest absolute Gasteiger partial charge is 0.295 e. The quantitative estimate of drug-likeness (QED) is 0.348. The van der Waals surface area contributed by atoms with Crippen molar-refractivity contribution in [2.45, 2.75) is 25.9 Å². The molecule has 1 atom stereocenters. The zero-order valence-corrected chi connectivity index (χ0v) is 17.6. The van der Waals surface area contributed by atoms with Crippen LogP contribution in [-0.4, -0.2) is 38.3 Å². The van der Waals surface area contributed by atoms with Crippen molar-refractivity contribution in [3.05, 3.63) is 95.6 Å². The number of carbonyl (C=O) groups is 2. The molecule has 3 heterocycles. The Bertz CT molecular complexity index is 1150. The zero-order valence-electron chi connectivity index (χ0n) is 17.6. The van der Waals surface area contributed by atoms with Crippen LogP contribution < -0.4 is 4.74 Å². The van der Waals surface area contributed by atoms with Crippen molar-refractivity contribution in [1.29, 1.82) is 0 Å². The number of carbonyl (C=O) groups excluding carboxylic acids is 2. The average molecular weight is 429 g/mol. The van der Waals surface area contributed by atoms with Gasteiger partial charge in [0.2, 0.25) is 0 Å². The van der Waals surface area contributed by atoms with Crippen molar-refractivity contribution in [2.75, 3.05) is 6.61 Å². The lowest BCUT2D eigenvalue weighted by molar-refractivity contribution is -0.140. The van der Waals surface area contributed by atoms with Gasteiger partial charge in [0.05, 0.1) is 18.2 Å². The van der Waals surface area contributed by atoms with E-state index in [0.29, 0.717) is 23.5 Å².